The molecule has 0 radical (unpaired) electrons. The molecule has 14 heteroatoms. The second-order valence-electron chi connectivity index (χ2n) is 13.7. The van der Waals surface area contributed by atoms with Gasteiger partial charge in [0.05, 0.1) is 24.1 Å². The molecule has 5 atom stereocenters. The first-order valence-corrected chi connectivity index (χ1v) is 19.2. The van der Waals surface area contributed by atoms with Gasteiger partial charge in [-0.25, -0.2) is 13.4 Å². The first-order chi connectivity index (χ1) is 23.0. The van der Waals surface area contributed by atoms with Crippen molar-refractivity contribution in [3.63, 3.8) is 0 Å². The second kappa shape index (κ2) is 13.7. The van der Waals surface area contributed by atoms with E-state index in [1.54, 1.807) is 25.0 Å². The van der Waals surface area contributed by atoms with Crippen molar-refractivity contribution in [1.29, 1.82) is 0 Å². The number of ether oxygens (including phenoxy) is 2. The summed E-state index contributed by atoms with van der Waals surface area (Å²) in [6.07, 6.45) is 8.36. The monoisotopic (exact) mass is 699 g/mol. The summed E-state index contributed by atoms with van der Waals surface area (Å²) >= 11 is 1.31. The smallest absolute Gasteiger partial charge is 0.274 e. The van der Waals surface area contributed by atoms with Crippen LogP contribution in [0.1, 0.15) is 83.2 Å². The van der Waals surface area contributed by atoms with Gasteiger partial charge in [-0.3, -0.25) is 19.1 Å². The zero-order chi connectivity index (χ0) is 34.1. The number of rotatable bonds is 9. The summed E-state index contributed by atoms with van der Waals surface area (Å²) in [5.41, 5.74) is 0.0395. The van der Waals surface area contributed by atoms with Crippen LogP contribution in [0.3, 0.4) is 0 Å². The molecule has 2 aromatic rings. The van der Waals surface area contributed by atoms with Crippen LogP contribution in [0.25, 0.3) is 6.08 Å². The predicted molar refractivity (Wildman–Crippen MR) is 183 cm³/mol. The summed E-state index contributed by atoms with van der Waals surface area (Å²) in [6.45, 7) is 5.52. The molecular weight excluding hydrogens is 655 g/mol. The summed E-state index contributed by atoms with van der Waals surface area (Å²) in [5, 5.41) is 8.59. The number of hydrogen-bond donors (Lipinski definition) is 3. The number of methoxy groups -OCH3 is 1. The van der Waals surface area contributed by atoms with Crippen LogP contribution in [0.2, 0.25) is 0 Å². The van der Waals surface area contributed by atoms with E-state index in [4.69, 9.17) is 9.47 Å². The van der Waals surface area contributed by atoms with Gasteiger partial charge in [0.15, 0.2) is 0 Å². The summed E-state index contributed by atoms with van der Waals surface area (Å²) in [7, 11) is -2.32. The lowest BCUT2D eigenvalue weighted by atomic mass is 10.0. The van der Waals surface area contributed by atoms with Crippen molar-refractivity contribution in [2.24, 2.45) is 5.92 Å². The highest BCUT2D eigenvalue weighted by Crippen LogP contribution is 2.49. The lowest BCUT2D eigenvalue weighted by molar-refractivity contribution is -0.140. The summed E-state index contributed by atoms with van der Waals surface area (Å²) < 4.78 is 39.0. The maximum atomic E-state index is 14.4. The zero-order valence-corrected chi connectivity index (χ0v) is 29.2. The molecule has 3 N–H and O–H groups in total. The number of sulfonamides is 1. The van der Waals surface area contributed by atoms with Gasteiger partial charge in [-0.2, -0.15) is 0 Å². The van der Waals surface area contributed by atoms with Gasteiger partial charge >= 0.3 is 0 Å². The van der Waals surface area contributed by atoms with E-state index in [9.17, 15) is 22.8 Å². The molecule has 2 aliphatic heterocycles. The molecule has 2 aliphatic carbocycles. The molecule has 1 aromatic heterocycles. The number of hydrogen-bond acceptors (Lipinski definition) is 10. The Morgan fingerprint density at radius 2 is 1.92 bits per heavy atom. The van der Waals surface area contributed by atoms with E-state index in [0.717, 1.165) is 37.8 Å². The molecule has 4 fully saturated rings. The molecule has 2 saturated heterocycles. The Hall–Kier alpha value is -3.65. The minimum Gasteiger partial charge on any atom is -0.497 e. The fraction of sp³-hybridized carbons (Fsp3) is 0.588. The predicted octanol–water partition coefficient (Wildman–Crippen LogP) is 4.24. The first-order valence-electron chi connectivity index (χ1n) is 16.8. The number of amides is 3. The Morgan fingerprint density at radius 3 is 2.62 bits per heavy atom. The van der Waals surface area contributed by atoms with Crippen LogP contribution in [-0.2, 0) is 24.4 Å². The third kappa shape index (κ3) is 7.19. The summed E-state index contributed by atoms with van der Waals surface area (Å²) in [5.74, 6) is -0.983. The third-order valence-corrected chi connectivity index (χ3v) is 13.2. The van der Waals surface area contributed by atoms with Gasteiger partial charge in [-0.05, 0) is 63.2 Å². The highest BCUT2D eigenvalue weighted by Gasteiger charge is 2.63. The van der Waals surface area contributed by atoms with Gasteiger partial charge in [0.1, 0.15) is 29.5 Å². The standard InChI is InChI=1S/C34H45N5O7S2/c1-4-23-21-47-32(36-23)46-26-18-28-29(40)37-34(31(42)38-48(43,44)33(2)15-16-33)19-22(34)11-8-6-5-7-9-14-27(30(41)39(28)20-26)35-24-12-10-13-25(17-24)45-3/h4,10,12-13,17,21-22,26-28,35H,1,5-9,11,14-16,18-20H2,2-3H3,(H,37,40)(H,38,42)/t22-,26-,27+,28+,34-/m1/s1. The molecule has 4 aliphatic rings. The van der Waals surface area contributed by atoms with Gasteiger partial charge in [0.2, 0.25) is 21.8 Å². The van der Waals surface area contributed by atoms with Crippen LogP contribution in [0.15, 0.2) is 36.2 Å². The normalized spacial score (nSPS) is 28.8. The lowest BCUT2D eigenvalue weighted by Gasteiger charge is -2.30. The van der Waals surface area contributed by atoms with Crippen LogP contribution in [0, 0.1) is 5.92 Å². The number of nitrogens with zero attached hydrogens (tertiary/aromatic N) is 2. The Morgan fingerprint density at radius 1 is 1.17 bits per heavy atom. The Balaban J connectivity index is 1.28. The van der Waals surface area contributed by atoms with E-state index in [1.807, 2.05) is 29.6 Å². The lowest BCUT2D eigenvalue weighted by Crippen LogP contribution is -2.58. The average molecular weight is 700 g/mol. The number of thiazole rings is 1. The van der Waals surface area contributed by atoms with Crippen molar-refractivity contribution in [2.75, 3.05) is 19.0 Å². The topological polar surface area (TPSA) is 156 Å². The van der Waals surface area contributed by atoms with Crippen molar-refractivity contribution in [2.45, 2.75) is 106 Å². The van der Waals surface area contributed by atoms with Crippen LogP contribution in [0.5, 0.6) is 10.9 Å². The van der Waals surface area contributed by atoms with E-state index in [1.165, 1.54) is 11.3 Å². The highest BCUT2D eigenvalue weighted by atomic mass is 32.2. The molecule has 3 amide bonds. The van der Waals surface area contributed by atoms with Crippen molar-refractivity contribution in [3.8, 4) is 10.9 Å². The molecule has 1 aromatic carbocycles. The van der Waals surface area contributed by atoms with Gasteiger partial charge in [-0.15, -0.1) is 0 Å². The fourth-order valence-electron chi connectivity index (χ4n) is 6.83. The quantitative estimate of drug-likeness (QED) is 0.349. The van der Waals surface area contributed by atoms with Gasteiger partial charge in [-0.1, -0.05) is 56.1 Å². The molecular formula is C34H45N5O7S2. The molecule has 0 spiro atoms. The van der Waals surface area contributed by atoms with Crippen molar-refractivity contribution in [1.82, 2.24) is 19.9 Å². The minimum absolute atomic E-state index is 0.144. The largest absolute Gasteiger partial charge is 0.497 e. The Kier molecular flexibility index (Phi) is 9.76. The number of carbonyl (C=O) groups is 3. The molecule has 0 bridgehead atoms. The van der Waals surface area contributed by atoms with E-state index in [0.29, 0.717) is 48.7 Å². The van der Waals surface area contributed by atoms with Gasteiger partial charge < -0.3 is 25.0 Å². The number of benzene rings is 1. The van der Waals surface area contributed by atoms with E-state index >= 15 is 0 Å². The SMILES string of the molecule is C=Cc1csc(O[C@@H]2C[C@H]3C(=O)N[C@]4(C(=O)NS(=O)(=O)C5(C)CC5)C[C@H]4CCCCCCC[C@H](Nc4cccc(OC)c4)C(=O)N3C2)n1. The summed E-state index contributed by atoms with van der Waals surface area (Å²) in [6, 6.07) is 5.81. The van der Waals surface area contributed by atoms with Crippen molar-refractivity contribution >= 4 is 50.8 Å². The van der Waals surface area contributed by atoms with Gasteiger partial charge in [0, 0.05) is 23.6 Å². The molecule has 0 unspecified atom stereocenters. The van der Waals surface area contributed by atoms with Crippen LogP contribution >= 0.6 is 11.3 Å². The van der Waals surface area contributed by atoms with Crippen LogP contribution in [0.4, 0.5) is 5.69 Å². The number of carbonyl (C=O) groups excluding carboxylic acids is 3. The van der Waals surface area contributed by atoms with Crippen molar-refractivity contribution in [3.05, 3.63) is 41.9 Å². The molecule has 2 saturated carbocycles. The molecule has 12 nitrogen and oxygen atoms in total. The van der Waals surface area contributed by atoms with E-state index in [2.05, 4.69) is 26.9 Å². The number of fused-ring (bicyclic) bond motifs is 2. The molecule has 3 heterocycles. The second-order valence-corrected chi connectivity index (χ2v) is 16.8. The highest BCUT2D eigenvalue weighted by molar-refractivity contribution is 7.91. The van der Waals surface area contributed by atoms with Crippen LogP contribution in [-0.4, -0.2) is 78.2 Å². The Bertz CT molecular complexity index is 1660. The Labute approximate surface area is 286 Å². The van der Waals surface area contributed by atoms with Gasteiger partial charge in [0.25, 0.3) is 11.1 Å². The molecule has 6 rings (SSSR count). The number of aromatic nitrogens is 1. The molecule has 48 heavy (non-hydrogen) atoms. The maximum Gasteiger partial charge on any atom is 0.274 e. The van der Waals surface area contributed by atoms with E-state index in [-0.39, 0.29) is 24.8 Å². The fourth-order valence-corrected chi connectivity index (χ4v) is 8.86. The molecule has 260 valence electrons. The minimum atomic E-state index is -3.91. The maximum absolute atomic E-state index is 14.4. The average Bonchev–Trinajstić information content (AvgIpc) is 3.86. The number of nitrogens with one attached hydrogen (secondary N) is 3. The summed E-state index contributed by atoms with van der Waals surface area (Å²) in [4.78, 5) is 48.4. The third-order valence-electron chi connectivity index (χ3n) is 10.3. The number of anilines is 1. The first kappa shape index (κ1) is 34.2. The zero-order valence-electron chi connectivity index (χ0n) is 27.5. The van der Waals surface area contributed by atoms with Crippen molar-refractivity contribution < 1.29 is 32.3 Å². The van der Waals surface area contributed by atoms with Crippen LogP contribution < -0.4 is 24.8 Å². The van der Waals surface area contributed by atoms with E-state index < -0.39 is 50.3 Å².